The summed E-state index contributed by atoms with van der Waals surface area (Å²) in [5.74, 6) is 0. The zero-order valence-electron chi connectivity index (χ0n) is 22.0. The maximum atomic E-state index is 7.15. The van der Waals surface area contributed by atoms with E-state index >= 15 is 0 Å². The van der Waals surface area contributed by atoms with Gasteiger partial charge in [0.15, 0.2) is 0 Å². The molecule has 186 valence electrons. The number of aryl methyl sites for hydroxylation is 4. The van der Waals surface area contributed by atoms with Crippen molar-refractivity contribution in [1.82, 2.24) is 0 Å². The van der Waals surface area contributed by atoms with Crippen molar-refractivity contribution >= 4 is 66.3 Å². The fourth-order valence-electron chi connectivity index (χ4n) is 5.91. The first kappa shape index (κ1) is 25.4. The van der Waals surface area contributed by atoms with Crippen LogP contribution in [0.4, 0.5) is 0 Å². The predicted molar refractivity (Wildman–Crippen MR) is 162 cm³/mol. The monoisotopic (exact) mass is 514 g/mol. The third-order valence-electron chi connectivity index (χ3n) is 7.61. The van der Waals surface area contributed by atoms with Crippen molar-refractivity contribution in [2.75, 3.05) is 0 Å². The highest BCUT2D eigenvalue weighted by Gasteiger charge is 2.16. The van der Waals surface area contributed by atoms with Crippen LogP contribution in [0.5, 0.6) is 0 Å². The second-order valence-corrected chi connectivity index (χ2v) is 11.1. The number of rotatable bonds is 8. The second-order valence-electron chi connectivity index (χ2n) is 10.4. The van der Waals surface area contributed by atoms with Crippen LogP contribution in [0.1, 0.15) is 75.6 Å². The van der Waals surface area contributed by atoms with Gasteiger partial charge in [-0.25, -0.2) is 0 Å². The minimum atomic E-state index is 0.803. The number of fused-ring (bicyclic) bond motifs is 4. The molecule has 0 aliphatic rings. The molecule has 0 radical (unpaired) electrons. The number of benzene rings is 5. The number of hydrogen-bond acceptors (Lipinski definition) is 0. The molecule has 0 amide bonds. The summed E-state index contributed by atoms with van der Waals surface area (Å²) in [4.78, 5) is 0. The Labute approximate surface area is 225 Å². The molecular weight excluding hydrogens is 479 g/mol. The molecule has 0 N–H and O–H groups in total. The molecule has 0 nitrogen and oxygen atoms in total. The van der Waals surface area contributed by atoms with Gasteiger partial charge >= 0.3 is 0 Å². The Morgan fingerprint density at radius 2 is 0.611 bits per heavy atom. The number of hydrogen-bond donors (Lipinski definition) is 0. The summed E-state index contributed by atoms with van der Waals surface area (Å²) >= 11 is 14.3. The molecule has 0 heterocycles. The van der Waals surface area contributed by atoms with Gasteiger partial charge in [-0.1, -0.05) is 101 Å². The molecule has 0 saturated carbocycles. The standard InChI is InChI=1S/C34H36Cl2/c1-5-9-21-13-25-17-29-30(18-26(25)14-22(21)10-6-2)34(36)32-20-28-16-24(12-8-4)23(11-7-3)15-27(28)19-31(32)33(29)35/h13-20H,5-12H2,1-4H3. The van der Waals surface area contributed by atoms with Gasteiger partial charge in [-0.3, -0.25) is 0 Å². The Hall–Kier alpha value is -2.28. The van der Waals surface area contributed by atoms with E-state index in [0.29, 0.717) is 0 Å². The van der Waals surface area contributed by atoms with Crippen LogP contribution in [0.3, 0.4) is 0 Å². The molecule has 0 saturated heterocycles. The summed E-state index contributed by atoms with van der Waals surface area (Å²) in [5.41, 5.74) is 5.86. The van der Waals surface area contributed by atoms with Crippen LogP contribution >= 0.6 is 23.2 Å². The highest BCUT2D eigenvalue weighted by molar-refractivity contribution is 6.48. The van der Waals surface area contributed by atoms with E-state index in [-0.39, 0.29) is 0 Å². The minimum absolute atomic E-state index is 0.803. The highest BCUT2D eigenvalue weighted by atomic mass is 35.5. The first-order chi connectivity index (χ1) is 17.5. The van der Waals surface area contributed by atoms with Crippen molar-refractivity contribution in [2.45, 2.75) is 79.1 Å². The SMILES string of the molecule is CCCc1cc2cc3c(Cl)c4cc5cc(CCC)c(CCC)cc5cc4c(Cl)c3cc2cc1CCC. The van der Waals surface area contributed by atoms with Gasteiger partial charge in [-0.2, -0.15) is 0 Å². The van der Waals surface area contributed by atoms with E-state index in [0.717, 1.165) is 83.0 Å². The van der Waals surface area contributed by atoms with Crippen molar-refractivity contribution in [3.8, 4) is 0 Å². The summed E-state index contributed by atoms with van der Waals surface area (Å²) in [6.45, 7) is 9.02. The van der Waals surface area contributed by atoms with Gasteiger partial charge in [-0.15, -0.1) is 0 Å². The lowest BCUT2D eigenvalue weighted by Crippen LogP contribution is -1.95. The zero-order chi connectivity index (χ0) is 25.4. The molecule has 0 bridgehead atoms. The lowest BCUT2D eigenvalue weighted by atomic mass is 9.91. The Morgan fingerprint density at radius 3 is 0.806 bits per heavy atom. The third-order valence-corrected chi connectivity index (χ3v) is 8.43. The molecule has 0 fully saturated rings. The molecule has 0 aliphatic heterocycles. The molecule has 0 aromatic heterocycles. The first-order valence-corrected chi connectivity index (χ1v) is 14.5. The van der Waals surface area contributed by atoms with Crippen molar-refractivity contribution in [3.63, 3.8) is 0 Å². The van der Waals surface area contributed by atoms with Crippen molar-refractivity contribution in [1.29, 1.82) is 0 Å². The van der Waals surface area contributed by atoms with Crippen LogP contribution in [0, 0.1) is 0 Å². The average molecular weight is 516 g/mol. The molecular formula is C34H36Cl2. The van der Waals surface area contributed by atoms with E-state index in [1.165, 1.54) is 43.8 Å². The lowest BCUT2D eigenvalue weighted by molar-refractivity contribution is 0.864. The van der Waals surface area contributed by atoms with Crippen LogP contribution in [-0.2, 0) is 25.7 Å². The summed E-state index contributed by atoms with van der Waals surface area (Å²) in [7, 11) is 0. The van der Waals surface area contributed by atoms with Crippen LogP contribution in [0.15, 0.2) is 48.5 Å². The maximum Gasteiger partial charge on any atom is 0.0564 e. The molecule has 0 aliphatic carbocycles. The smallest absolute Gasteiger partial charge is 0.0564 e. The van der Waals surface area contributed by atoms with E-state index in [1.54, 1.807) is 0 Å². The Balaban J connectivity index is 1.80. The highest BCUT2D eigenvalue weighted by Crippen LogP contribution is 2.43. The van der Waals surface area contributed by atoms with E-state index in [2.05, 4.69) is 76.2 Å². The fourth-order valence-corrected chi connectivity index (χ4v) is 6.54. The van der Waals surface area contributed by atoms with Crippen LogP contribution in [-0.4, -0.2) is 0 Å². The third kappa shape index (κ3) is 4.48. The Kier molecular flexibility index (Phi) is 7.47. The van der Waals surface area contributed by atoms with Gasteiger partial charge < -0.3 is 0 Å². The van der Waals surface area contributed by atoms with Gasteiger partial charge in [0.05, 0.1) is 10.0 Å². The van der Waals surface area contributed by atoms with E-state index in [4.69, 9.17) is 23.2 Å². The maximum absolute atomic E-state index is 7.15. The van der Waals surface area contributed by atoms with E-state index in [9.17, 15) is 0 Å². The molecule has 2 heteroatoms. The van der Waals surface area contributed by atoms with Crippen LogP contribution in [0.25, 0.3) is 43.1 Å². The van der Waals surface area contributed by atoms with Gasteiger partial charge in [0.1, 0.15) is 0 Å². The molecule has 0 unspecified atom stereocenters. The molecule has 36 heavy (non-hydrogen) atoms. The Bertz CT molecular complexity index is 1360. The molecule has 5 aromatic carbocycles. The van der Waals surface area contributed by atoms with Crippen molar-refractivity contribution in [2.24, 2.45) is 0 Å². The lowest BCUT2D eigenvalue weighted by Gasteiger charge is -2.16. The van der Waals surface area contributed by atoms with Gasteiger partial charge in [-0.05, 0) is 93.7 Å². The molecule has 5 aromatic rings. The summed E-state index contributed by atoms with van der Waals surface area (Å²) in [5, 5.41) is 10.8. The van der Waals surface area contributed by atoms with E-state index < -0.39 is 0 Å². The van der Waals surface area contributed by atoms with Gasteiger partial charge in [0.2, 0.25) is 0 Å². The normalized spacial score (nSPS) is 11.9. The fraction of sp³-hybridized carbons (Fsp3) is 0.353. The van der Waals surface area contributed by atoms with Crippen molar-refractivity contribution in [3.05, 3.63) is 80.8 Å². The second kappa shape index (κ2) is 10.6. The first-order valence-electron chi connectivity index (χ1n) is 13.7. The summed E-state index contributed by atoms with van der Waals surface area (Å²) in [6, 6.07) is 18.5. The van der Waals surface area contributed by atoms with Crippen LogP contribution < -0.4 is 0 Å². The number of halogens is 2. The van der Waals surface area contributed by atoms with E-state index in [1.807, 2.05) is 0 Å². The predicted octanol–water partition coefficient (Wildman–Crippen LogP) is 11.4. The topological polar surface area (TPSA) is 0 Å². The van der Waals surface area contributed by atoms with Gasteiger partial charge in [0, 0.05) is 21.5 Å². The molecule has 0 spiro atoms. The minimum Gasteiger partial charge on any atom is -0.0830 e. The van der Waals surface area contributed by atoms with Crippen molar-refractivity contribution < 1.29 is 0 Å². The zero-order valence-corrected chi connectivity index (χ0v) is 23.5. The van der Waals surface area contributed by atoms with Gasteiger partial charge in [0.25, 0.3) is 0 Å². The molecule has 5 rings (SSSR count). The summed E-state index contributed by atoms with van der Waals surface area (Å²) < 4.78 is 0. The molecule has 0 atom stereocenters. The average Bonchev–Trinajstić information content (AvgIpc) is 2.87. The Morgan fingerprint density at radius 1 is 0.389 bits per heavy atom. The summed E-state index contributed by atoms with van der Waals surface area (Å²) in [6.07, 6.45) is 9.06. The quantitative estimate of drug-likeness (QED) is 0.180. The van der Waals surface area contributed by atoms with Crippen LogP contribution in [0.2, 0.25) is 10.0 Å². The largest absolute Gasteiger partial charge is 0.0830 e.